The van der Waals surface area contributed by atoms with Crippen molar-refractivity contribution >= 4 is 18.0 Å². The average molecular weight is 465 g/mol. The largest absolute Gasteiger partial charge is 0.479 e. The van der Waals surface area contributed by atoms with Gasteiger partial charge in [-0.2, -0.15) is 0 Å². The maximum atomic E-state index is 12.4. The molecule has 178 valence electrons. The van der Waals surface area contributed by atoms with Gasteiger partial charge in [0.1, 0.15) is 6.61 Å². The third-order valence-corrected chi connectivity index (χ3v) is 6.63. The minimum atomic E-state index is -1.23. The van der Waals surface area contributed by atoms with Gasteiger partial charge in [-0.25, -0.2) is 9.59 Å². The molecular weight excluding hydrogens is 436 g/mol. The molecule has 0 bridgehead atoms. The van der Waals surface area contributed by atoms with Crippen LogP contribution in [0.2, 0.25) is 0 Å². The van der Waals surface area contributed by atoms with Gasteiger partial charge >= 0.3 is 12.1 Å². The fraction of sp³-hybridized carbons (Fsp3) is 0.346. The van der Waals surface area contributed by atoms with E-state index in [0.29, 0.717) is 13.1 Å². The third-order valence-electron chi connectivity index (χ3n) is 6.63. The third kappa shape index (κ3) is 4.68. The fourth-order valence-corrected chi connectivity index (χ4v) is 4.65. The molecular formula is C26H28N2O6. The minimum Gasteiger partial charge on any atom is -0.479 e. The zero-order chi connectivity index (χ0) is 24.1. The summed E-state index contributed by atoms with van der Waals surface area (Å²) in [6.07, 6.45) is 2.85. The summed E-state index contributed by atoms with van der Waals surface area (Å²) in [7, 11) is 1.38. The Hall–Kier alpha value is -3.65. The highest BCUT2D eigenvalue weighted by molar-refractivity contribution is 5.88. The van der Waals surface area contributed by atoms with Gasteiger partial charge in [0.05, 0.1) is 0 Å². The van der Waals surface area contributed by atoms with Crippen molar-refractivity contribution < 1.29 is 29.0 Å². The first-order chi connectivity index (χ1) is 16.4. The quantitative estimate of drug-likeness (QED) is 0.610. The number of alkyl carbamates (subject to hydrolysis) is 1. The SMILES string of the molecule is COC1(C(=O)O)CCN(C(=O)/C=C/CNC(=O)OCC2c3ccccc3-c3ccccc32)CC1. The van der Waals surface area contributed by atoms with Crippen molar-refractivity contribution in [2.45, 2.75) is 24.4 Å². The molecule has 1 heterocycles. The van der Waals surface area contributed by atoms with Crippen LogP contribution in [0.25, 0.3) is 11.1 Å². The first-order valence-electron chi connectivity index (χ1n) is 11.3. The second-order valence-electron chi connectivity index (χ2n) is 8.44. The molecule has 0 saturated carbocycles. The number of methoxy groups -OCH3 is 1. The molecule has 0 atom stereocenters. The van der Waals surface area contributed by atoms with Crippen molar-refractivity contribution in [3.8, 4) is 11.1 Å². The summed E-state index contributed by atoms with van der Waals surface area (Å²) in [5, 5.41) is 12.0. The molecule has 1 aliphatic heterocycles. The number of fused-ring (bicyclic) bond motifs is 3. The van der Waals surface area contributed by atoms with Gasteiger partial charge in [0.2, 0.25) is 5.91 Å². The van der Waals surface area contributed by atoms with Crippen molar-refractivity contribution in [1.29, 1.82) is 0 Å². The number of carboxylic acid groups (broad SMARTS) is 1. The van der Waals surface area contributed by atoms with Gasteiger partial charge in [-0.1, -0.05) is 54.6 Å². The number of amides is 2. The smallest absolute Gasteiger partial charge is 0.407 e. The molecule has 8 heteroatoms. The number of carbonyl (C=O) groups excluding carboxylic acids is 2. The number of hydrogen-bond donors (Lipinski definition) is 2. The van der Waals surface area contributed by atoms with Crippen LogP contribution in [-0.4, -0.2) is 66.9 Å². The molecule has 0 unspecified atom stereocenters. The zero-order valence-corrected chi connectivity index (χ0v) is 19.0. The maximum absolute atomic E-state index is 12.4. The van der Waals surface area contributed by atoms with Gasteiger partial charge < -0.3 is 24.8 Å². The summed E-state index contributed by atoms with van der Waals surface area (Å²) in [6, 6.07) is 16.3. The van der Waals surface area contributed by atoms with Gasteiger partial charge in [-0.15, -0.1) is 0 Å². The standard InChI is InChI=1S/C26H28N2O6/c1-33-26(24(30)31)12-15-28(16-13-26)23(29)11-6-14-27-25(32)34-17-22-20-9-4-2-7-18(20)19-8-3-5-10-21(19)22/h2-11,22H,12-17H2,1H3,(H,27,32)(H,30,31)/b11-6+. The van der Waals surface area contributed by atoms with E-state index in [0.717, 1.165) is 22.3 Å². The van der Waals surface area contributed by atoms with Crippen LogP contribution in [0.4, 0.5) is 4.79 Å². The monoisotopic (exact) mass is 464 g/mol. The van der Waals surface area contributed by atoms with E-state index < -0.39 is 17.7 Å². The maximum Gasteiger partial charge on any atom is 0.407 e. The number of ether oxygens (including phenoxy) is 2. The molecule has 2 amide bonds. The minimum absolute atomic E-state index is 0.0145. The van der Waals surface area contributed by atoms with Gasteiger partial charge in [0.25, 0.3) is 0 Å². The molecule has 1 fully saturated rings. The van der Waals surface area contributed by atoms with Gasteiger partial charge in [-0.3, -0.25) is 4.79 Å². The number of hydrogen-bond acceptors (Lipinski definition) is 5. The lowest BCUT2D eigenvalue weighted by atomic mass is 9.91. The normalized spacial score (nSPS) is 16.7. The Bertz CT molecular complexity index is 1060. The van der Waals surface area contributed by atoms with E-state index in [-0.39, 0.29) is 37.8 Å². The Kier molecular flexibility index (Phi) is 6.98. The summed E-state index contributed by atoms with van der Waals surface area (Å²) >= 11 is 0. The summed E-state index contributed by atoms with van der Waals surface area (Å²) in [4.78, 5) is 37.6. The molecule has 2 N–H and O–H groups in total. The van der Waals surface area contributed by atoms with Crippen molar-refractivity contribution in [1.82, 2.24) is 10.2 Å². The Morgan fingerprint density at radius 3 is 2.21 bits per heavy atom. The molecule has 0 radical (unpaired) electrons. The van der Waals surface area contributed by atoms with Gasteiger partial charge in [0.15, 0.2) is 5.60 Å². The molecule has 0 spiro atoms. The number of piperidine rings is 1. The molecule has 2 aromatic rings. The van der Waals surface area contributed by atoms with Crippen LogP contribution >= 0.6 is 0 Å². The van der Waals surface area contributed by atoms with E-state index in [9.17, 15) is 19.5 Å². The van der Waals surface area contributed by atoms with Crippen LogP contribution in [0.3, 0.4) is 0 Å². The first kappa shape index (κ1) is 23.5. The highest BCUT2D eigenvalue weighted by atomic mass is 16.5. The average Bonchev–Trinajstić information content (AvgIpc) is 3.19. The fourth-order valence-electron chi connectivity index (χ4n) is 4.65. The van der Waals surface area contributed by atoms with Crippen molar-refractivity contribution in [2.75, 3.05) is 33.4 Å². The van der Waals surface area contributed by atoms with Crippen molar-refractivity contribution in [3.63, 3.8) is 0 Å². The molecule has 1 aliphatic carbocycles. The highest BCUT2D eigenvalue weighted by Gasteiger charge is 2.42. The Balaban J connectivity index is 1.23. The molecule has 2 aliphatic rings. The van der Waals surface area contributed by atoms with Crippen LogP contribution in [0.5, 0.6) is 0 Å². The lowest BCUT2D eigenvalue weighted by Crippen LogP contribution is -2.51. The lowest BCUT2D eigenvalue weighted by Gasteiger charge is -2.37. The number of carboxylic acids is 1. The van der Waals surface area contributed by atoms with E-state index in [4.69, 9.17) is 9.47 Å². The van der Waals surface area contributed by atoms with Gasteiger partial charge in [0, 0.05) is 51.6 Å². The van der Waals surface area contributed by atoms with Gasteiger partial charge in [-0.05, 0) is 22.3 Å². The Labute approximate surface area is 198 Å². The van der Waals surface area contributed by atoms with Crippen molar-refractivity contribution in [2.24, 2.45) is 0 Å². The summed E-state index contributed by atoms with van der Waals surface area (Å²) in [5.41, 5.74) is 3.38. The van der Waals surface area contributed by atoms with E-state index >= 15 is 0 Å². The number of nitrogens with zero attached hydrogens (tertiary/aromatic N) is 1. The summed E-state index contributed by atoms with van der Waals surface area (Å²) in [6.45, 7) is 0.959. The van der Waals surface area contributed by atoms with Crippen molar-refractivity contribution in [3.05, 3.63) is 71.8 Å². The highest BCUT2D eigenvalue weighted by Crippen LogP contribution is 2.44. The molecule has 1 saturated heterocycles. The van der Waals surface area contributed by atoms with Crippen LogP contribution in [0.1, 0.15) is 29.9 Å². The van der Waals surface area contributed by atoms with Crippen LogP contribution in [-0.2, 0) is 19.1 Å². The Morgan fingerprint density at radius 1 is 1.06 bits per heavy atom. The lowest BCUT2D eigenvalue weighted by molar-refractivity contribution is -0.169. The summed E-state index contributed by atoms with van der Waals surface area (Å²) < 4.78 is 10.6. The zero-order valence-electron chi connectivity index (χ0n) is 19.0. The Morgan fingerprint density at radius 2 is 1.65 bits per heavy atom. The molecule has 8 nitrogen and oxygen atoms in total. The van der Waals surface area contributed by atoms with E-state index in [1.54, 1.807) is 11.0 Å². The van der Waals surface area contributed by atoms with Crippen LogP contribution in [0, 0.1) is 0 Å². The molecule has 0 aromatic heterocycles. The van der Waals surface area contributed by atoms with Crippen LogP contribution in [0.15, 0.2) is 60.7 Å². The predicted octanol–water partition coefficient (Wildman–Crippen LogP) is 3.17. The van der Waals surface area contributed by atoms with E-state index in [2.05, 4.69) is 29.6 Å². The molecule has 2 aromatic carbocycles. The number of rotatable bonds is 7. The number of likely N-dealkylation sites (tertiary alicyclic amines) is 1. The number of aliphatic carboxylic acids is 1. The number of nitrogens with one attached hydrogen (secondary N) is 1. The number of carbonyl (C=O) groups is 3. The number of benzene rings is 2. The topological polar surface area (TPSA) is 105 Å². The second-order valence-corrected chi connectivity index (χ2v) is 8.44. The molecule has 34 heavy (non-hydrogen) atoms. The predicted molar refractivity (Wildman–Crippen MR) is 125 cm³/mol. The van der Waals surface area contributed by atoms with E-state index in [1.165, 1.54) is 13.2 Å². The van der Waals surface area contributed by atoms with E-state index in [1.807, 2.05) is 24.3 Å². The molecule has 4 rings (SSSR count). The van der Waals surface area contributed by atoms with Crippen LogP contribution < -0.4 is 5.32 Å². The summed E-state index contributed by atoms with van der Waals surface area (Å²) in [5.74, 6) is -1.26. The first-order valence-corrected chi connectivity index (χ1v) is 11.3. The second kappa shape index (κ2) is 10.1.